The minimum absolute atomic E-state index is 0.0241. The van der Waals surface area contributed by atoms with Crippen molar-refractivity contribution in [3.8, 4) is 5.75 Å². The highest BCUT2D eigenvalue weighted by molar-refractivity contribution is 5.79. The summed E-state index contributed by atoms with van der Waals surface area (Å²) >= 11 is 0. The molecule has 4 nitrogen and oxygen atoms in total. The van der Waals surface area contributed by atoms with Crippen molar-refractivity contribution in [2.75, 3.05) is 0 Å². The van der Waals surface area contributed by atoms with Gasteiger partial charge in [0.05, 0.1) is 5.69 Å². The summed E-state index contributed by atoms with van der Waals surface area (Å²) in [5.74, 6) is 0.204. The van der Waals surface area contributed by atoms with E-state index in [1.54, 1.807) is 18.2 Å². The van der Waals surface area contributed by atoms with Crippen molar-refractivity contribution < 1.29 is 9.90 Å². The van der Waals surface area contributed by atoms with E-state index in [1.165, 1.54) is 4.68 Å². The number of hydrogen-bond donors (Lipinski definition) is 1. The number of carbonyl (C=O) groups excluding carboxylic acids is 1. The average Bonchev–Trinajstić information content (AvgIpc) is 2.66. The molecule has 1 N–H and O–H groups in total. The van der Waals surface area contributed by atoms with E-state index in [2.05, 4.69) is 5.10 Å². The second-order valence-corrected chi connectivity index (χ2v) is 4.40. The maximum Gasteiger partial charge on any atom is 0.247 e. The summed E-state index contributed by atoms with van der Waals surface area (Å²) in [6, 6.07) is 8.85. The van der Waals surface area contributed by atoms with Crippen LogP contribution in [0.4, 0.5) is 0 Å². The molecule has 0 aliphatic heterocycles. The van der Waals surface area contributed by atoms with Crippen molar-refractivity contribution in [2.24, 2.45) is 0 Å². The van der Waals surface area contributed by atoms with Crippen LogP contribution in [0, 0.1) is 13.8 Å². The Morgan fingerprint density at radius 2 is 2.11 bits per heavy atom. The molecule has 2 aromatic rings. The Bertz CT molecular complexity index is 573. The van der Waals surface area contributed by atoms with Gasteiger partial charge in [0.25, 0.3) is 0 Å². The van der Waals surface area contributed by atoms with Crippen LogP contribution in [0.1, 0.15) is 28.2 Å². The molecule has 0 saturated carbocycles. The number of aromatic hydroxyl groups is 1. The lowest BCUT2D eigenvalue weighted by atomic mass is 10.1. The van der Waals surface area contributed by atoms with Crippen LogP contribution in [0.15, 0.2) is 30.3 Å². The van der Waals surface area contributed by atoms with Crippen molar-refractivity contribution in [1.82, 2.24) is 9.78 Å². The number of aryl methyl sites for hydroxylation is 3. The summed E-state index contributed by atoms with van der Waals surface area (Å²) in [5.41, 5.74) is 2.65. The quantitative estimate of drug-likeness (QED) is 0.902. The van der Waals surface area contributed by atoms with Crippen molar-refractivity contribution in [3.63, 3.8) is 0 Å². The van der Waals surface area contributed by atoms with Crippen LogP contribution in [0.2, 0.25) is 0 Å². The Hall–Kier alpha value is -2.10. The number of carbonyl (C=O) groups is 1. The van der Waals surface area contributed by atoms with Crippen molar-refractivity contribution >= 4 is 5.91 Å². The second kappa shape index (κ2) is 5.04. The number of nitrogens with zero attached hydrogens (tertiary/aromatic N) is 2. The highest BCUT2D eigenvalue weighted by atomic mass is 16.3. The molecule has 0 amide bonds. The van der Waals surface area contributed by atoms with Crippen molar-refractivity contribution in [2.45, 2.75) is 26.7 Å². The second-order valence-electron chi connectivity index (χ2n) is 4.40. The molecule has 0 unspecified atom stereocenters. The van der Waals surface area contributed by atoms with E-state index in [-0.39, 0.29) is 11.7 Å². The third-order valence-electron chi connectivity index (χ3n) is 2.78. The molecule has 0 radical (unpaired) electrons. The lowest BCUT2D eigenvalue weighted by molar-refractivity contribution is 0.0884. The van der Waals surface area contributed by atoms with Gasteiger partial charge in [-0.1, -0.05) is 12.1 Å². The molecule has 4 heteroatoms. The maximum atomic E-state index is 12.0. The Morgan fingerprint density at radius 3 is 2.72 bits per heavy atom. The zero-order valence-corrected chi connectivity index (χ0v) is 10.6. The van der Waals surface area contributed by atoms with E-state index in [4.69, 9.17) is 0 Å². The minimum atomic E-state index is -0.0241. The van der Waals surface area contributed by atoms with Gasteiger partial charge >= 0.3 is 0 Å². The summed E-state index contributed by atoms with van der Waals surface area (Å²) in [6.45, 7) is 3.73. The molecule has 18 heavy (non-hydrogen) atoms. The fourth-order valence-electron chi connectivity index (χ4n) is 1.95. The summed E-state index contributed by atoms with van der Waals surface area (Å²) < 4.78 is 1.44. The molecule has 0 atom stereocenters. The third-order valence-corrected chi connectivity index (χ3v) is 2.78. The highest BCUT2D eigenvalue weighted by Crippen LogP contribution is 2.13. The average molecular weight is 244 g/mol. The molecule has 0 spiro atoms. The zero-order valence-electron chi connectivity index (χ0n) is 10.6. The van der Waals surface area contributed by atoms with Gasteiger partial charge in [-0.05, 0) is 44.0 Å². The lowest BCUT2D eigenvalue weighted by Crippen LogP contribution is -2.14. The van der Waals surface area contributed by atoms with Gasteiger partial charge in [0.15, 0.2) is 0 Å². The SMILES string of the molecule is Cc1cc(C)n(C(=O)CCc2cccc(O)c2)n1. The molecule has 0 aliphatic rings. The van der Waals surface area contributed by atoms with Crippen LogP contribution in [0.5, 0.6) is 5.75 Å². The number of hydrogen-bond acceptors (Lipinski definition) is 3. The standard InChI is InChI=1S/C14H16N2O2/c1-10-8-11(2)16(15-10)14(18)7-6-12-4-3-5-13(17)9-12/h3-5,8-9,17H,6-7H2,1-2H3. The van der Waals surface area contributed by atoms with Gasteiger partial charge in [0.2, 0.25) is 5.91 Å². The van der Waals surface area contributed by atoms with E-state index >= 15 is 0 Å². The van der Waals surface area contributed by atoms with Gasteiger partial charge in [-0.15, -0.1) is 0 Å². The Labute approximate surface area is 106 Å². The van der Waals surface area contributed by atoms with Gasteiger partial charge in [-0.25, -0.2) is 4.68 Å². The number of benzene rings is 1. The Morgan fingerprint density at radius 1 is 1.33 bits per heavy atom. The smallest absolute Gasteiger partial charge is 0.247 e. The van der Waals surface area contributed by atoms with Crippen LogP contribution >= 0.6 is 0 Å². The molecule has 1 heterocycles. The first-order valence-corrected chi connectivity index (χ1v) is 5.90. The van der Waals surface area contributed by atoms with Gasteiger partial charge in [-0.3, -0.25) is 4.79 Å². The van der Waals surface area contributed by atoms with Crippen molar-refractivity contribution in [3.05, 3.63) is 47.3 Å². The van der Waals surface area contributed by atoms with E-state index in [9.17, 15) is 9.90 Å². The predicted octanol–water partition coefficient (Wildman–Crippen LogP) is 2.48. The molecule has 94 valence electrons. The van der Waals surface area contributed by atoms with Crippen LogP contribution in [0.25, 0.3) is 0 Å². The molecule has 2 rings (SSSR count). The monoisotopic (exact) mass is 244 g/mol. The first-order valence-electron chi connectivity index (χ1n) is 5.90. The van der Waals surface area contributed by atoms with Crippen LogP contribution in [-0.2, 0) is 6.42 Å². The van der Waals surface area contributed by atoms with Gasteiger partial charge in [0, 0.05) is 12.1 Å². The molecular weight excluding hydrogens is 228 g/mol. The van der Waals surface area contributed by atoms with E-state index in [1.807, 2.05) is 26.0 Å². The topological polar surface area (TPSA) is 55.1 Å². The first-order chi connectivity index (χ1) is 8.56. The maximum absolute atomic E-state index is 12.0. The Kier molecular flexibility index (Phi) is 3.46. The van der Waals surface area contributed by atoms with E-state index in [0.29, 0.717) is 12.8 Å². The van der Waals surface area contributed by atoms with Gasteiger partial charge in [0.1, 0.15) is 5.75 Å². The van der Waals surface area contributed by atoms with Gasteiger partial charge in [-0.2, -0.15) is 5.10 Å². The highest BCUT2D eigenvalue weighted by Gasteiger charge is 2.10. The number of phenols is 1. The Balaban J connectivity index is 2.03. The summed E-state index contributed by atoms with van der Waals surface area (Å²) in [7, 11) is 0. The fraction of sp³-hybridized carbons (Fsp3) is 0.286. The predicted molar refractivity (Wildman–Crippen MR) is 68.8 cm³/mol. The van der Waals surface area contributed by atoms with E-state index < -0.39 is 0 Å². The molecular formula is C14H16N2O2. The van der Waals surface area contributed by atoms with Crippen LogP contribution in [0.3, 0.4) is 0 Å². The minimum Gasteiger partial charge on any atom is -0.508 e. The normalized spacial score (nSPS) is 10.6. The molecule has 1 aromatic carbocycles. The number of phenolic OH excluding ortho intramolecular Hbond substituents is 1. The lowest BCUT2D eigenvalue weighted by Gasteiger charge is -2.04. The van der Waals surface area contributed by atoms with Crippen molar-refractivity contribution in [1.29, 1.82) is 0 Å². The molecule has 1 aromatic heterocycles. The van der Waals surface area contributed by atoms with Crippen LogP contribution in [-0.4, -0.2) is 20.8 Å². The first kappa shape index (κ1) is 12.4. The number of aromatic nitrogens is 2. The molecule has 0 fully saturated rings. The summed E-state index contributed by atoms with van der Waals surface area (Å²) in [5, 5.41) is 13.5. The molecule has 0 saturated heterocycles. The number of rotatable bonds is 3. The summed E-state index contributed by atoms with van der Waals surface area (Å²) in [4.78, 5) is 12.0. The summed E-state index contributed by atoms with van der Waals surface area (Å²) in [6.07, 6.45) is 0.983. The third kappa shape index (κ3) is 2.77. The molecule has 0 bridgehead atoms. The molecule has 0 aliphatic carbocycles. The zero-order chi connectivity index (χ0) is 13.1. The van der Waals surface area contributed by atoms with Crippen LogP contribution < -0.4 is 0 Å². The van der Waals surface area contributed by atoms with Gasteiger partial charge < -0.3 is 5.11 Å². The largest absolute Gasteiger partial charge is 0.508 e. The fourth-order valence-corrected chi connectivity index (χ4v) is 1.95. The van der Waals surface area contributed by atoms with E-state index in [0.717, 1.165) is 17.0 Å².